The highest BCUT2D eigenvalue weighted by Crippen LogP contribution is 2.17. The molecular formula is C17H24N2O3. The normalized spacial score (nSPS) is 19.5. The van der Waals surface area contributed by atoms with E-state index in [9.17, 15) is 14.7 Å². The number of nitrogens with one attached hydrogen (secondary N) is 1. The lowest BCUT2D eigenvalue weighted by atomic mass is 9.96. The summed E-state index contributed by atoms with van der Waals surface area (Å²) in [5, 5.41) is 12.0. The molecule has 0 bridgehead atoms. The predicted octanol–water partition coefficient (Wildman–Crippen LogP) is 0.965. The molecule has 2 amide bonds. The highest BCUT2D eigenvalue weighted by molar-refractivity contribution is 5.82. The van der Waals surface area contributed by atoms with Crippen molar-refractivity contribution in [2.24, 2.45) is 5.92 Å². The molecule has 2 atom stereocenters. The van der Waals surface area contributed by atoms with Crippen LogP contribution in [0.2, 0.25) is 0 Å². The molecule has 2 N–H and O–H groups in total. The third-order valence-corrected chi connectivity index (χ3v) is 3.91. The minimum atomic E-state index is -0.552. The number of aliphatic hydroxyl groups excluding tert-OH is 1. The second-order valence-corrected chi connectivity index (χ2v) is 5.94. The topological polar surface area (TPSA) is 69.6 Å². The zero-order valence-electron chi connectivity index (χ0n) is 13.0. The number of piperidine rings is 1. The van der Waals surface area contributed by atoms with E-state index in [-0.39, 0.29) is 24.3 Å². The van der Waals surface area contributed by atoms with E-state index in [1.807, 2.05) is 30.3 Å². The summed E-state index contributed by atoms with van der Waals surface area (Å²) in [7, 11) is 0. The maximum Gasteiger partial charge on any atom is 0.227 e. The van der Waals surface area contributed by atoms with Crippen molar-refractivity contribution in [3.8, 4) is 0 Å². The quantitative estimate of drug-likeness (QED) is 0.851. The summed E-state index contributed by atoms with van der Waals surface area (Å²) in [4.78, 5) is 26.2. The van der Waals surface area contributed by atoms with Gasteiger partial charge in [-0.15, -0.1) is 0 Å². The third-order valence-electron chi connectivity index (χ3n) is 3.91. The van der Waals surface area contributed by atoms with E-state index < -0.39 is 6.10 Å². The van der Waals surface area contributed by atoms with Crippen molar-refractivity contribution in [2.45, 2.75) is 32.3 Å². The van der Waals surface area contributed by atoms with Gasteiger partial charge in [-0.3, -0.25) is 9.59 Å². The molecule has 0 saturated carbocycles. The summed E-state index contributed by atoms with van der Waals surface area (Å²) >= 11 is 0. The van der Waals surface area contributed by atoms with Crippen LogP contribution in [0.1, 0.15) is 25.3 Å². The first-order valence-electron chi connectivity index (χ1n) is 7.83. The first kappa shape index (κ1) is 16.5. The molecule has 0 aliphatic carbocycles. The summed E-state index contributed by atoms with van der Waals surface area (Å²) in [6, 6.07) is 9.65. The Bertz CT molecular complexity index is 502. The number of benzene rings is 1. The Morgan fingerprint density at radius 1 is 1.36 bits per heavy atom. The molecule has 1 saturated heterocycles. The summed E-state index contributed by atoms with van der Waals surface area (Å²) < 4.78 is 0. The second-order valence-electron chi connectivity index (χ2n) is 5.94. The number of hydrogen-bond acceptors (Lipinski definition) is 3. The minimum Gasteiger partial charge on any atom is -0.392 e. The van der Waals surface area contributed by atoms with Gasteiger partial charge >= 0.3 is 0 Å². The number of aliphatic hydroxyl groups is 1. The molecule has 1 aromatic carbocycles. The van der Waals surface area contributed by atoms with Gasteiger partial charge in [0.1, 0.15) is 0 Å². The molecule has 0 aromatic heterocycles. The SMILES string of the molecule is CC(O)CNC(=O)C1CCCN(C(=O)Cc2ccccc2)C1. The molecule has 1 fully saturated rings. The van der Waals surface area contributed by atoms with Gasteiger partial charge in [0.25, 0.3) is 0 Å². The lowest BCUT2D eigenvalue weighted by molar-refractivity contribution is -0.135. The molecule has 1 aliphatic rings. The van der Waals surface area contributed by atoms with Gasteiger partial charge in [-0.25, -0.2) is 0 Å². The molecule has 2 unspecified atom stereocenters. The monoisotopic (exact) mass is 304 g/mol. The van der Waals surface area contributed by atoms with Gasteiger partial charge in [-0.2, -0.15) is 0 Å². The Labute approximate surface area is 131 Å². The summed E-state index contributed by atoms with van der Waals surface area (Å²) in [6.45, 7) is 3.08. The number of nitrogens with zero attached hydrogens (tertiary/aromatic N) is 1. The van der Waals surface area contributed by atoms with Gasteiger partial charge in [-0.1, -0.05) is 30.3 Å². The molecule has 0 spiro atoms. The summed E-state index contributed by atoms with van der Waals surface area (Å²) in [5.74, 6) is -0.176. The van der Waals surface area contributed by atoms with Gasteiger partial charge in [0, 0.05) is 19.6 Å². The van der Waals surface area contributed by atoms with Gasteiger partial charge in [0.2, 0.25) is 11.8 Å². The highest BCUT2D eigenvalue weighted by atomic mass is 16.3. The number of likely N-dealkylation sites (tertiary alicyclic amines) is 1. The van der Waals surface area contributed by atoms with Crippen LogP contribution in [0.5, 0.6) is 0 Å². The Kier molecular flexibility index (Phi) is 5.95. The van der Waals surface area contributed by atoms with Crippen LogP contribution in [0.25, 0.3) is 0 Å². The van der Waals surface area contributed by atoms with Crippen LogP contribution in [0.3, 0.4) is 0 Å². The fourth-order valence-corrected chi connectivity index (χ4v) is 2.69. The third kappa shape index (κ3) is 4.84. The van der Waals surface area contributed by atoms with Gasteiger partial charge in [0.15, 0.2) is 0 Å². The Balaban J connectivity index is 1.87. The van der Waals surface area contributed by atoms with E-state index in [1.54, 1.807) is 11.8 Å². The number of rotatable bonds is 5. The van der Waals surface area contributed by atoms with Crippen molar-refractivity contribution in [3.05, 3.63) is 35.9 Å². The number of carbonyl (C=O) groups excluding carboxylic acids is 2. The number of carbonyl (C=O) groups is 2. The van der Waals surface area contributed by atoms with Crippen molar-refractivity contribution >= 4 is 11.8 Å². The lowest BCUT2D eigenvalue weighted by Crippen LogP contribution is -2.46. The molecule has 5 nitrogen and oxygen atoms in total. The smallest absolute Gasteiger partial charge is 0.227 e. The van der Waals surface area contributed by atoms with Crippen LogP contribution in [0.4, 0.5) is 0 Å². The molecule has 120 valence electrons. The van der Waals surface area contributed by atoms with Gasteiger partial charge in [0.05, 0.1) is 18.4 Å². The molecule has 1 heterocycles. The Morgan fingerprint density at radius 3 is 2.77 bits per heavy atom. The first-order chi connectivity index (χ1) is 10.6. The Morgan fingerprint density at radius 2 is 2.09 bits per heavy atom. The minimum absolute atomic E-state index is 0.0687. The Hall–Kier alpha value is -1.88. The van der Waals surface area contributed by atoms with E-state index in [0.717, 1.165) is 18.4 Å². The van der Waals surface area contributed by atoms with E-state index >= 15 is 0 Å². The fraction of sp³-hybridized carbons (Fsp3) is 0.529. The van der Waals surface area contributed by atoms with Crippen LogP contribution in [-0.4, -0.2) is 47.6 Å². The summed E-state index contributed by atoms with van der Waals surface area (Å²) in [6.07, 6.45) is 1.46. The molecule has 22 heavy (non-hydrogen) atoms. The number of hydrogen-bond donors (Lipinski definition) is 2. The molecule has 0 radical (unpaired) electrons. The van der Waals surface area contributed by atoms with Crippen LogP contribution >= 0.6 is 0 Å². The molecular weight excluding hydrogens is 280 g/mol. The van der Waals surface area contributed by atoms with Crippen LogP contribution < -0.4 is 5.32 Å². The fourth-order valence-electron chi connectivity index (χ4n) is 2.69. The highest BCUT2D eigenvalue weighted by Gasteiger charge is 2.28. The van der Waals surface area contributed by atoms with E-state index in [1.165, 1.54) is 0 Å². The average Bonchev–Trinajstić information content (AvgIpc) is 2.53. The first-order valence-corrected chi connectivity index (χ1v) is 7.83. The maximum atomic E-state index is 12.4. The van der Waals surface area contributed by atoms with Crippen LogP contribution in [-0.2, 0) is 16.0 Å². The maximum absolute atomic E-state index is 12.4. The number of amides is 2. The van der Waals surface area contributed by atoms with E-state index in [4.69, 9.17) is 0 Å². The standard InChI is InChI=1S/C17H24N2O3/c1-13(20)11-18-17(22)15-8-5-9-19(12-15)16(21)10-14-6-3-2-4-7-14/h2-4,6-7,13,15,20H,5,8-12H2,1H3,(H,18,22). The largest absolute Gasteiger partial charge is 0.392 e. The van der Waals surface area contributed by atoms with Crippen molar-refractivity contribution in [3.63, 3.8) is 0 Å². The van der Waals surface area contributed by atoms with Crippen molar-refractivity contribution in [1.82, 2.24) is 10.2 Å². The zero-order chi connectivity index (χ0) is 15.9. The van der Waals surface area contributed by atoms with Crippen molar-refractivity contribution in [1.29, 1.82) is 0 Å². The van der Waals surface area contributed by atoms with Gasteiger partial charge in [-0.05, 0) is 25.3 Å². The molecule has 5 heteroatoms. The predicted molar refractivity (Wildman–Crippen MR) is 84.1 cm³/mol. The lowest BCUT2D eigenvalue weighted by Gasteiger charge is -2.32. The second kappa shape index (κ2) is 7.94. The van der Waals surface area contributed by atoms with Crippen molar-refractivity contribution in [2.75, 3.05) is 19.6 Å². The molecule has 1 aliphatic heterocycles. The molecule has 2 rings (SSSR count). The zero-order valence-corrected chi connectivity index (χ0v) is 13.0. The summed E-state index contributed by atoms with van der Waals surface area (Å²) in [5.41, 5.74) is 0.994. The van der Waals surface area contributed by atoms with Crippen LogP contribution in [0.15, 0.2) is 30.3 Å². The van der Waals surface area contributed by atoms with Gasteiger partial charge < -0.3 is 15.3 Å². The van der Waals surface area contributed by atoms with E-state index in [0.29, 0.717) is 19.5 Å². The molecule has 1 aromatic rings. The average molecular weight is 304 g/mol. The van der Waals surface area contributed by atoms with Crippen LogP contribution in [0, 0.1) is 5.92 Å². The van der Waals surface area contributed by atoms with Crippen molar-refractivity contribution < 1.29 is 14.7 Å². The van der Waals surface area contributed by atoms with E-state index in [2.05, 4.69) is 5.32 Å².